The van der Waals surface area contributed by atoms with Gasteiger partial charge in [0.05, 0.1) is 6.61 Å². The number of hydrogen-bond donors (Lipinski definition) is 2. The molecule has 6 heteroatoms. The Morgan fingerprint density at radius 3 is 2.65 bits per heavy atom. The van der Waals surface area contributed by atoms with Gasteiger partial charge in [0.25, 0.3) is 0 Å². The molecule has 106 valence electrons. The molecule has 0 aliphatic heterocycles. The van der Waals surface area contributed by atoms with Crippen molar-refractivity contribution in [2.45, 2.75) is 6.92 Å². The molecule has 0 aliphatic rings. The number of aromatic nitrogens is 2. The van der Waals surface area contributed by atoms with Crippen molar-refractivity contribution in [2.24, 2.45) is 0 Å². The van der Waals surface area contributed by atoms with E-state index in [0.29, 0.717) is 36.2 Å². The highest BCUT2D eigenvalue weighted by molar-refractivity contribution is 5.68. The van der Waals surface area contributed by atoms with Gasteiger partial charge in [0, 0.05) is 13.1 Å². The number of nitrogens with two attached hydrogens (primary N) is 1. The van der Waals surface area contributed by atoms with Gasteiger partial charge in [-0.05, 0) is 19.1 Å². The number of anilines is 2. The third-order valence-corrected chi connectivity index (χ3v) is 2.84. The van der Waals surface area contributed by atoms with Gasteiger partial charge in [-0.2, -0.15) is 4.98 Å². The molecule has 0 amide bonds. The fourth-order valence-corrected chi connectivity index (χ4v) is 1.84. The number of nitrogens with zero attached hydrogens (tertiary/aromatic N) is 3. The normalized spacial score (nSPS) is 10.3. The van der Waals surface area contributed by atoms with Crippen LogP contribution in [0.1, 0.15) is 6.92 Å². The molecule has 0 aliphatic carbocycles. The first kappa shape index (κ1) is 14.1. The number of hydrogen-bond acceptors (Lipinski definition) is 6. The molecular weight excluding hydrogens is 256 g/mol. The first-order valence-corrected chi connectivity index (χ1v) is 6.45. The van der Waals surface area contributed by atoms with Gasteiger partial charge >= 0.3 is 0 Å². The number of para-hydroxylation sites is 1. The van der Waals surface area contributed by atoms with E-state index < -0.39 is 0 Å². The van der Waals surface area contributed by atoms with E-state index in [2.05, 4.69) is 9.97 Å². The van der Waals surface area contributed by atoms with Gasteiger partial charge < -0.3 is 20.5 Å². The second-order valence-electron chi connectivity index (χ2n) is 4.13. The second kappa shape index (κ2) is 6.72. The lowest BCUT2D eigenvalue weighted by Gasteiger charge is -2.22. The van der Waals surface area contributed by atoms with Crippen molar-refractivity contribution < 1.29 is 9.84 Å². The average molecular weight is 274 g/mol. The lowest BCUT2D eigenvalue weighted by atomic mass is 10.3. The van der Waals surface area contributed by atoms with E-state index in [1.807, 2.05) is 42.2 Å². The molecule has 0 spiro atoms. The molecule has 1 aromatic heterocycles. The molecule has 1 heterocycles. The molecule has 3 N–H and O–H groups in total. The summed E-state index contributed by atoms with van der Waals surface area (Å²) in [6, 6.07) is 9.30. The molecule has 0 fully saturated rings. The Labute approximate surface area is 117 Å². The number of aliphatic hydroxyl groups is 1. The lowest BCUT2D eigenvalue weighted by Crippen LogP contribution is -2.28. The summed E-state index contributed by atoms with van der Waals surface area (Å²) >= 11 is 0. The maximum absolute atomic E-state index is 9.07. The SMILES string of the molecule is CCN(CCO)c1ncnc(Oc2ccccc2)c1N. The first-order valence-electron chi connectivity index (χ1n) is 6.45. The van der Waals surface area contributed by atoms with Crippen LogP contribution < -0.4 is 15.4 Å². The third-order valence-electron chi connectivity index (χ3n) is 2.84. The van der Waals surface area contributed by atoms with Crippen molar-refractivity contribution in [3.05, 3.63) is 36.7 Å². The Bertz CT molecular complexity index is 548. The van der Waals surface area contributed by atoms with E-state index in [4.69, 9.17) is 15.6 Å². The molecule has 0 unspecified atom stereocenters. The largest absolute Gasteiger partial charge is 0.437 e. The van der Waals surface area contributed by atoms with E-state index in [9.17, 15) is 0 Å². The Morgan fingerprint density at radius 1 is 1.25 bits per heavy atom. The van der Waals surface area contributed by atoms with Crippen molar-refractivity contribution in [3.63, 3.8) is 0 Å². The molecule has 6 nitrogen and oxygen atoms in total. The molecular formula is C14H18N4O2. The minimum Gasteiger partial charge on any atom is -0.437 e. The predicted molar refractivity (Wildman–Crippen MR) is 77.9 cm³/mol. The van der Waals surface area contributed by atoms with E-state index >= 15 is 0 Å². The number of benzene rings is 1. The van der Waals surface area contributed by atoms with Crippen molar-refractivity contribution in [3.8, 4) is 11.6 Å². The Morgan fingerprint density at radius 2 is 2.00 bits per heavy atom. The van der Waals surface area contributed by atoms with Gasteiger partial charge in [0.15, 0.2) is 5.82 Å². The summed E-state index contributed by atoms with van der Waals surface area (Å²) in [5.41, 5.74) is 6.43. The minimum absolute atomic E-state index is 0.0339. The summed E-state index contributed by atoms with van der Waals surface area (Å²) < 4.78 is 5.66. The molecule has 1 aromatic carbocycles. The molecule has 0 radical (unpaired) electrons. The van der Waals surface area contributed by atoms with Crippen LogP contribution in [0.3, 0.4) is 0 Å². The van der Waals surface area contributed by atoms with Crippen molar-refractivity contribution >= 4 is 11.5 Å². The van der Waals surface area contributed by atoms with E-state index in [-0.39, 0.29) is 6.61 Å². The van der Waals surface area contributed by atoms with Crippen LogP contribution in [0.25, 0.3) is 0 Å². The highest BCUT2D eigenvalue weighted by atomic mass is 16.5. The summed E-state index contributed by atoms with van der Waals surface area (Å²) in [5, 5.41) is 9.07. The zero-order valence-electron chi connectivity index (χ0n) is 11.4. The molecule has 0 saturated carbocycles. The van der Waals surface area contributed by atoms with Crippen LogP contribution in [-0.4, -0.2) is 34.8 Å². The van der Waals surface area contributed by atoms with E-state index in [1.54, 1.807) is 0 Å². The molecule has 2 rings (SSSR count). The van der Waals surface area contributed by atoms with Crippen LogP contribution in [0.2, 0.25) is 0 Å². The summed E-state index contributed by atoms with van der Waals surface area (Å²) in [6.07, 6.45) is 1.41. The predicted octanol–water partition coefficient (Wildman–Crippen LogP) is 1.67. The molecule has 0 saturated heterocycles. The van der Waals surface area contributed by atoms with Gasteiger partial charge in [-0.1, -0.05) is 18.2 Å². The van der Waals surface area contributed by atoms with Crippen LogP contribution in [0.4, 0.5) is 11.5 Å². The van der Waals surface area contributed by atoms with Gasteiger partial charge in [-0.15, -0.1) is 0 Å². The fourth-order valence-electron chi connectivity index (χ4n) is 1.84. The third kappa shape index (κ3) is 3.16. The van der Waals surface area contributed by atoms with Crippen LogP contribution in [-0.2, 0) is 0 Å². The standard InChI is InChI=1S/C14H18N4O2/c1-2-18(8-9-19)13-12(15)14(17-10-16-13)20-11-6-4-3-5-7-11/h3-7,10,19H,2,8-9,15H2,1H3. The second-order valence-corrected chi connectivity index (χ2v) is 4.13. The number of ether oxygens (including phenoxy) is 1. The highest BCUT2D eigenvalue weighted by Gasteiger charge is 2.15. The number of aliphatic hydroxyl groups excluding tert-OH is 1. The molecule has 0 bridgehead atoms. The maximum atomic E-state index is 9.07. The van der Waals surface area contributed by atoms with Crippen molar-refractivity contribution in [2.75, 3.05) is 30.3 Å². The molecule has 0 atom stereocenters. The molecule has 20 heavy (non-hydrogen) atoms. The minimum atomic E-state index is 0.0339. The Hall–Kier alpha value is -2.34. The summed E-state index contributed by atoms with van der Waals surface area (Å²) in [4.78, 5) is 10.1. The van der Waals surface area contributed by atoms with Gasteiger partial charge in [-0.3, -0.25) is 0 Å². The van der Waals surface area contributed by atoms with Crippen LogP contribution >= 0.6 is 0 Å². The Kier molecular flexibility index (Phi) is 4.73. The van der Waals surface area contributed by atoms with E-state index in [1.165, 1.54) is 6.33 Å². The van der Waals surface area contributed by atoms with Crippen LogP contribution in [0, 0.1) is 0 Å². The monoisotopic (exact) mass is 274 g/mol. The smallest absolute Gasteiger partial charge is 0.248 e. The van der Waals surface area contributed by atoms with Gasteiger partial charge in [-0.25, -0.2) is 4.98 Å². The summed E-state index contributed by atoms with van der Waals surface area (Å²) in [7, 11) is 0. The van der Waals surface area contributed by atoms with Gasteiger partial charge in [0.1, 0.15) is 17.8 Å². The van der Waals surface area contributed by atoms with Crippen molar-refractivity contribution in [1.29, 1.82) is 0 Å². The van der Waals surface area contributed by atoms with Crippen molar-refractivity contribution in [1.82, 2.24) is 9.97 Å². The average Bonchev–Trinajstić information content (AvgIpc) is 2.48. The first-order chi connectivity index (χ1) is 9.76. The fraction of sp³-hybridized carbons (Fsp3) is 0.286. The summed E-state index contributed by atoms with van der Waals surface area (Å²) in [6.45, 7) is 3.15. The topological polar surface area (TPSA) is 84.5 Å². The summed E-state index contributed by atoms with van der Waals surface area (Å²) in [5.74, 6) is 1.55. The number of likely N-dealkylation sites (N-methyl/N-ethyl adjacent to an activating group) is 1. The zero-order valence-corrected chi connectivity index (χ0v) is 11.4. The number of nitrogen functional groups attached to an aromatic ring is 1. The van der Waals surface area contributed by atoms with E-state index in [0.717, 1.165) is 0 Å². The van der Waals surface area contributed by atoms with Crippen LogP contribution in [0.15, 0.2) is 36.7 Å². The number of rotatable bonds is 6. The lowest BCUT2D eigenvalue weighted by molar-refractivity contribution is 0.302. The zero-order chi connectivity index (χ0) is 14.4. The Balaban J connectivity index is 2.27. The quantitative estimate of drug-likeness (QED) is 0.833. The van der Waals surface area contributed by atoms with Crippen LogP contribution in [0.5, 0.6) is 11.6 Å². The van der Waals surface area contributed by atoms with Gasteiger partial charge in [0.2, 0.25) is 5.88 Å². The maximum Gasteiger partial charge on any atom is 0.248 e. The highest BCUT2D eigenvalue weighted by Crippen LogP contribution is 2.30. The molecule has 2 aromatic rings.